The zero-order valence-corrected chi connectivity index (χ0v) is 18.8. The Balaban J connectivity index is 1.94. The highest BCUT2D eigenvalue weighted by atomic mass is 32.1. The van der Waals surface area contributed by atoms with E-state index in [4.69, 9.17) is 0 Å². The number of nitrogens with zero attached hydrogens (tertiary/aromatic N) is 1. The van der Waals surface area contributed by atoms with Crippen LogP contribution in [-0.2, 0) is 6.54 Å². The summed E-state index contributed by atoms with van der Waals surface area (Å²) in [5.74, 6) is -1.60. The number of carboxylic acid groups (broad SMARTS) is 1. The van der Waals surface area contributed by atoms with Crippen molar-refractivity contribution in [2.75, 3.05) is 11.9 Å². The maximum absolute atomic E-state index is 12.6. The van der Waals surface area contributed by atoms with Gasteiger partial charge in [-0.25, -0.2) is 9.59 Å². The lowest BCUT2D eigenvalue weighted by Gasteiger charge is -2.07. The van der Waals surface area contributed by atoms with Crippen molar-refractivity contribution in [3.05, 3.63) is 46.1 Å². The SMILES string of the molecule is CCCCCCCCNC(=O)Nc1sc(C(=O)NCc2ccccn2)c(C)c1C(=O)O. The predicted molar refractivity (Wildman–Crippen MR) is 122 cm³/mol. The molecule has 9 heteroatoms. The largest absolute Gasteiger partial charge is 0.478 e. The summed E-state index contributed by atoms with van der Waals surface area (Å²) >= 11 is 0.954. The minimum Gasteiger partial charge on any atom is -0.478 e. The number of urea groups is 1. The highest BCUT2D eigenvalue weighted by molar-refractivity contribution is 7.18. The summed E-state index contributed by atoms with van der Waals surface area (Å²) < 4.78 is 0. The van der Waals surface area contributed by atoms with Crippen molar-refractivity contribution >= 4 is 34.2 Å². The van der Waals surface area contributed by atoms with Crippen LogP contribution < -0.4 is 16.0 Å². The lowest BCUT2D eigenvalue weighted by atomic mass is 10.1. The molecule has 2 rings (SSSR count). The van der Waals surface area contributed by atoms with Gasteiger partial charge < -0.3 is 15.7 Å². The summed E-state index contributed by atoms with van der Waals surface area (Å²) in [7, 11) is 0. The van der Waals surface area contributed by atoms with Crippen LogP contribution in [0.5, 0.6) is 0 Å². The quantitative estimate of drug-likeness (QED) is 0.356. The smallest absolute Gasteiger partial charge is 0.339 e. The molecule has 0 aromatic carbocycles. The lowest BCUT2D eigenvalue weighted by molar-refractivity contribution is 0.0697. The first-order valence-corrected chi connectivity index (χ1v) is 11.3. The number of thiophene rings is 1. The molecular formula is C22H30N4O4S. The Morgan fingerprint density at radius 1 is 1.06 bits per heavy atom. The molecule has 8 nitrogen and oxygen atoms in total. The van der Waals surface area contributed by atoms with Gasteiger partial charge in [0.1, 0.15) is 5.00 Å². The number of hydrogen-bond donors (Lipinski definition) is 4. The van der Waals surface area contributed by atoms with Crippen molar-refractivity contribution in [1.29, 1.82) is 0 Å². The first kappa shape index (κ1) is 24.3. The summed E-state index contributed by atoms with van der Waals surface area (Å²) in [5.41, 5.74) is 0.945. The van der Waals surface area contributed by atoms with Crippen molar-refractivity contribution < 1.29 is 19.5 Å². The Hall–Kier alpha value is -2.94. The maximum Gasteiger partial charge on any atom is 0.339 e. The zero-order valence-electron chi connectivity index (χ0n) is 18.0. The Bertz CT molecular complexity index is 883. The average Bonchev–Trinajstić information content (AvgIpc) is 3.08. The van der Waals surface area contributed by atoms with Gasteiger partial charge in [0.05, 0.1) is 22.7 Å². The van der Waals surface area contributed by atoms with Crippen LogP contribution in [0.1, 0.15) is 76.7 Å². The molecule has 0 aliphatic carbocycles. The van der Waals surface area contributed by atoms with Crippen LogP contribution in [0.25, 0.3) is 0 Å². The topological polar surface area (TPSA) is 120 Å². The summed E-state index contributed by atoms with van der Waals surface area (Å²) in [5, 5.41) is 17.8. The van der Waals surface area contributed by atoms with Crippen molar-refractivity contribution in [2.45, 2.75) is 58.9 Å². The molecule has 2 heterocycles. The molecular weight excluding hydrogens is 416 g/mol. The number of pyridine rings is 1. The molecule has 2 aromatic rings. The molecule has 168 valence electrons. The van der Waals surface area contributed by atoms with Gasteiger partial charge in [-0.1, -0.05) is 45.1 Å². The van der Waals surface area contributed by atoms with Crippen LogP contribution >= 0.6 is 11.3 Å². The van der Waals surface area contributed by atoms with E-state index in [1.54, 1.807) is 25.3 Å². The fourth-order valence-electron chi connectivity index (χ4n) is 3.08. The number of amides is 3. The van der Waals surface area contributed by atoms with Gasteiger partial charge in [0.25, 0.3) is 5.91 Å². The van der Waals surface area contributed by atoms with Gasteiger partial charge in [-0.2, -0.15) is 0 Å². The number of carbonyl (C=O) groups is 3. The highest BCUT2D eigenvalue weighted by Gasteiger charge is 2.25. The molecule has 0 aliphatic rings. The molecule has 4 N–H and O–H groups in total. The lowest BCUT2D eigenvalue weighted by Crippen LogP contribution is -2.29. The summed E-state index contributed by atoms with van der Waals surface area (Å²) in [6.45, 7) is 4.47. The van der Waals surface area contributed by atoms with Gasteiger partial charge >= 0.3 is 12.0 Å². The van der Waals surface area contributed by atoms with E-state index in [9.17, 15) is 19.5 Å². The molecule has 0 fully saturated rings. The molecule has 0 aliphatic heterocycles. The molecule has 0 radical (unpaired) electrons. The highest BCUT2D eigenvalue weighted by Crippen LogP contribution is 2.33. The van der Waals surface area contributed by atoms with Crippen molar-refractivity contribution in [2.24, 2.45) is 0 Å². The first-order valence-electron chi connectivity index (χ1n) is 10.5. The minimum atomic E-state index is -1.19. The normalized spacial score (nSPS) is 10.5. The fraction of sp³-hybridized carbons (Fsp3) is 0.455. The molecule has 0 bridgehead atoms. The number of aromatic carboxylic acids is 1. The Labute approximate surface area is 186 Å². The van der Waals surface area contributed by atoms with E-state index in [1.165, 1.54) is 19.3 Å². The van der Waals surface area contributed by atoms with E-state index in [1.807, 2.05) is 6.07 Å². The number of unbranched alkanes of at least 4 members (excludes halogenated alkanes) is 5. The molecule has 0 saturated carbocycles. The third kappa shape index (κ3) is 7.67. The Kier molecular flexibility index (Phi) is 9.96. The molecule has 0 unspecified atom stereocenters. The van der Waals surface area contributed by atoms with Gasteiger partial charge in [0, 0.05) is 12.7 Å². The van der Waals surface area contributed by atoms with Crippen LogP contribution in [0.4, 0.5) is 9.80 Å². The molecule has 0 atom stereocenters. The van der Waals surface area contributed by atoms with Crippen molar-refractivity contribution in [3.8, 4) is 0 Å². The van der Waals surface area contributed by atoms with E-state index < -0.39 is 17.9 Å². The van der Waals surface area contributed by atoms with Crippen LogP contribution in [0.2, 0.25) is 0 Å². The van der Waals surface area contributed by atoms with Crippen LogP contribution in [0, 0.1) is 6.92 Å². The third-order valence-electron chi connectivity index (χ3n) is 4.77. The van der Waals surface area contributed by atoms with E-state index in [-0.39, 0.29) is 22.0 Å². The van der Waals surface area contributed by atoms with E-state index in [0.29, 0.717) is 17.8 Å². The maximum atomic E-state index is 12.6. The Morgan fingerprint density at radius 2 is 1.81 bits per heavy atom. The molecule has 2 aromatic heterocycles. The number of nitrogens with one attached hydrogen (secondary N) is 3. The van der Waals surface area contributed by atoms with Gasteiger partial charge in [-0.05, 0) is 31.0 Å². The van der Waals surface area contributed by atoms with E-state index >= 15 is 0 Å². The first-order chi connectivity index (χ1) is 14.9. The number of carboxylic acids is 1. The standard InChI is InChI=1S/C22H30N4O4S/c1-3-4-5-6-7-9-13-24-22(30)26-20-17(21(28)29)15(2)18(31-20)19(27)25-14-16-11-8-10-12-23-16/h8,10-12H,3-7,9,13-14H2,1-2H3,(H,25,27)(H,28,29)(H2,24,26,30). The number of hydrogen-bond acceptors (Lipinski definition) is 5. The number of rotatable bonds is 12. The van der Waals surface area contributed by atoms with Crippen molar-refractivity contribution in [1.82, 2.24) is 15.6 Å². The summed E-state index contributed by atoms with van der Waals surface area (Å²) in [4.78, 5) is 40.9. The second kappa shape index (κ2) is 12.7. The molecule has 0 spiro atoms. The minimum absolute atomic E-state index is 0.0669. The van der Waals surface area contributed by atoms with Gasteiger partial charge in [-0.3, -0.25) is 15.1 Å². The predicted octanol–water partition coefficient (Wildman–Crippen LogP) is 4.56. The van der Waals surface area contributed by atoms with E-state index in [0.717, 1.165) is 30.6 Å². The van der Waals surface area contributed by atoms with Crippen LogP contribution in [0.3, 0.4) is 0 Å². The Morgan fingerprint density at radius 3 is 2.48 bits per heavy atom. The third-order valence-corrected chi connectivity index (χ3v) is 5.97. The molecule has 0 saturated heterocycles. The van der Waals surface area contributed by atoms with Gasteiger partial charge in [0.2, 0.25) is 0 Å². The average molecular weight is 447 g/mol. The van der Waals surface area contributed by atoms with Gasteiger partial charge in [-0.15, -0.1) is 11.3 Å². The number of aromatic nitrogens is 1. The molecule has 31 heavy (non-hydrogen) atoms. The number of anilines is 1. The van der Waals surface area contributed by atoms with Crippen molar-refractivity contribution in [3.63, 3.8) is 0 Å². The summed E-state index contributed by atoms with van der Waals surface area (Å²) in [6, 6.07) is 4.91. The van der Waals surface area contributed by atoms with Crippen LogP contribution in [-0.4, -0.2) is 34.5 Å². The monoisotopic (exact) mass is 446 g/mol. The second-order valence-electron chi connectivity index (χ2n) is 7.22. The second-order valence-corrected chi connectivity index (χ2v) is 8.24. The van der Waals surface area contributed by atoms with Crippen LogP contribution in [0.15, 0.2) is 24.4 Å². The van der Waals surface area contributed by atoms with E-state index in [2.05, 4.69) is 27.9 Å². The number of carbonyl (C=O) groups excluding carboxylic acids is 2. The fourth-order valence-corrected chi connectivity index (χ4v) is 4.19. The zero-order chi connectivity index (χ0) is 22.6. The van der Waals surface area contributed by atoms with Gasteiger partial charge in [0.15, 0.2) is 0 Å². The molecule has 3 amide bonds. The summed E-state index contributed by atoms with van der Waals surface area (Å²) in [6.07, 6.45) is 8.29.